The van der Waals surface area contributed by atoms with Crippen molar-refractivity contribution in [1.29, 1.82) is 0 Å². The van der Waals surface area contributed by atoms with Crippen LogP contribution in [0.5, 0.6) is 0 Å². The van der Waals surface area contributed by atoms with Crippen LogP contribution in [0.1, 0.15) is 44.1 Å². The van der Waals surface area contributed by atoms with Crippen LogP contribution in [-0.4, -0.2) is 29.0 Å². The van der Waals surface area contributed by atoms with Crippen LogP contribution in [0.2, 0.25) is 0 Å². The van der Waals surface area contributed by atoms with Crippen molar-refractivity contribution in [2.24, 2.45) is 0 Å². The zero-order valence-electron chi connectivity index (χ0n) is 14.2. The van der Waals surface area contributed by atoms with Crippen LogP contribution < -0.4 is 5.32 Å². The Balaban J connectivity index is 1.68. The van der Waals surface area contributed by atoms with E-state index in [4.69, 9.17) is 4.74 Å². The average Bonchev–Trinajstić information content (AvgIpc) is 3.04. The molecule has 1 amide bonds. The Kier molecular flexibility index (Phi) is 4.38. The average molecular weight is 367 g/mol. The summed E-state index contributed by atoms with van der Waals surface area (Å²) in [5.41, 5.74) is 3.08. The number of thiophene rings is 1. The van der Waals surface area contributed by atoms with Gasteiger partial charge in [0.25, 0.3) is 5.91 Å². The molecule has 132 valence electrons. The third-order valence-corrected chi connectivity index (χ3v) is 5.68. The fourth-order valence-electron chi connectivity index (χ4n) is 3.21. The lowest BCUT2D eigenvalue weighted by Crippen LogP contribution is -2.16. The number of carbonyl (C=O) groups is 2. The summed E-state index contributed by atoms with van der Waals surface area (Å²) in [6, 6.07) is 7.37. The van der Waals surface area contributed by atoms with E-state index in [9.17, 15) is 9.59 Å². The molecule has 0 bridgehead atoms. The van der Waals surface area contributed by atoms with Gasteiger partial charge in [-0.3, -0.25) is 9.78 Å². The summed E-state index contributed by atoms with van der Waals surface area (Å²) < 4.78 is 4.93. The van der Waals surface area contributed by atoms with Crippen LogP contribution in [0, 0.1) is 0 Å². The molecule has 0 saturated carbocycles. The Morgan fingerprint density at radius 3 is 2.73 bits per heavy atom. The number of benzene rings is 1. The maximum Gasteiger partial charge on any atom is 0.341 e. The first kappa shape index (κ1) is 16.7. The summed E-state index contributed by atoms with van der Waals surface area (Å²) in [5.74, 6) is -0.795. The van der Waals surface area contributed by atoms with Crippen molar-refractivity contribution >= 4 is 39.2 Å². The lowest BCUT2D eigenvalue weighted by Gasteiger charge is -2.11. The van der Waals surface area contributed by atoms with Gasteiger partial charge < -0.3 is 10.1 Å². The van der Waals surface area contributed by atoms with E-state index >= 15 is 0 Å². The molecule has 0 spiro atoms. The van der Waals surface area contributed by atoms with Crippen LogP contribution in [0.25, 0.3) is 11.0 Å². The van der Waals surface area contributed by atoms with Crippen molar-refractivity contribution in [2.45, 2.75) is 25.7 Å². The van der Waals surface area contributed by atoms with Gasteiger partial charge in [0.15, 0.2) is 0 Å². The third-order valence-electron chi connectivity index (χ3n) is 4.47. The molecular formula is C19H17N3O3S. The number of esters is 1. The van der Waals surface area contributed by atoms with Gasteiger partial charge in [0.1, 0.15) is 10.7 Å². The van der Waals surface area contributed by atoms with Crippen molar-refractivity contribution < 1.29 is 14.3 Å². The molecule has 0 fully saturated rings. The fourth-order valence-corrected chi connectivity index (χ4v) is 4.48. The van der Waals surface area contributed by atoms with Gasteiger partial charge in [-0.2, -0.15) is 0 Å². The van der Waals surface area contributed by atoms with E-state index in [1.807, 2.05) is 24.3 Å². The molecule has 6 nitrogen and oxygen atoms in total. The molecule has 2 heterocycles. The number of aryl methyl sites for hydroxylation is 1. The molecule has 0 aliphatic heterocycles. The highest BCUT2D eigenvalue weighted by atomic mass is 32.1. The molecule has 2 aromatic heterocycles. The molecule has 1 aliphatic carbocycles. The van der Waals surface area contributed by atoms with Gasteiger partial charge in [-0.25, -0.2) is 9.78 Å². The SMILES string of the molecule is COC(=O)c1c(NC(=O)c2cnc3ccccc3n2)sc2c1CCCC2. The second-order valence-corrected chi connectivity index (χ2v) is 7.21. The van der Waals surface area contributed by atoms with Gasteiger partial charge >= 0.3 is 5.97 Å². The van der Waals surface area contributed by atoms with Crippen LogP contribution in [-0.2, 0) is 17.6 Å². The summed E-state index contributed by atoms with van der Waals surface area (Å²) in [4.78, 5) is 34.7. The highest BCUT2D eigenvalue weighted by molar-refractivity contribution is 7.17. The molecule has 0 unspecified atom stereocenters. The molecule has 0 saturated heterocycles. The first-order valence-electron chi connectivity index (χ1n) is 8.43. The quantitative estimate of drug-likeness (QED) is 0.715. The number of anilines is 1. The minimum atomic E-state index is -0.413. The highest BCUT2D eigenvalue weighted by Gasteiger charge is 2.27. The van der Waals surface area contributed by atoms with Gasteiger partial charge in [0.2, 0.25) is 0 Å². The van der Waals surface area contributed by atoms with E-state index in [0.29, 0.717) is 16.1 Å². The van der Waals surface area contributed by atoms with Crippen molar-refractivity contribution in [3.63, 3.8) is 0 Å². The highest BCUT2D eigenvalue weighted by Crippen LogP contribution is 2.38. The van der Waals surface area contributed by atoms with Gasteiger partial charge in [0, 0.05) is 4.88 Å². The standard InChI is InChI=1S/C19H17N3O3S/c1-25-19(24)16-11-6-2-5-9-15(11)26-18(16)22-17(23)14-10-20-12-7-3-4-8-13(12)21-14/h3-4,7-8,10H,2,5-6,9H2,1H3,(H,22,23). The Morgan fingerprint density at radius 1 is 1.15 bits per heavy atom. The predicted octanol–water partition coefficient (Wildman–Crippen LogP) is 3.61. The number of rotatable bonds is 3. The van der Waals surface area contributed by atoms with E-state index in [1.54, 1.807) is 0 Å². The van der Waals surface area contributed by atoms with Gasteiger partial charge in [-0.05, 0) is 43.4 Å². The molecule has 26 heavy (non-hydrogen) atoms. The largest absolute Gasteiger partial charge is 0.465 e. The smallest absolute Gasteiger partial charge is 0.341 e. The maximum atomic E-state index is 12.7. The van der Waals surface area contributed by atoms with Crippen LogP contribution in [0.3, 0.4) is 0 Å². The number of fused-ring (bicyclic) bond motifs is 2. The first-order chi connectivity index (χ1) is 12.7. The Bertz CT molecular complexity index is 1010. The van der Waals surface area contributed by atoms with E-state index in [0.717, 1.165) is 41.6 Å². The summed E-state index contributed by atoms with van der Waals surface area (Å²) in [5, 5.41) is 3.37. The topological polar surface area (TPSA) is 81.2 Å². The summed E-state index contributed by atoms with van der Waals surface area (Å²) in [6.07, 6.45) is 5.34. The number of carbonyl (C=O) groups excluding carboxylic acids is 2. The molecule has 0 atom stereocenters. The fraction of sp³-hybridized carbons (Fsp3) is 0.263. The number of nitrogens with one attached hydrogen (secondary N) is 1. The van der Waals surface area contributed by atoms with E-state index in [-0.39, 0.29) is 11.6 Å². The molecule has 1 aromatic carbocycles. The number of methoxy groups -OCH3 is 1. The zero-order chi connectivity index (χ0) is 18.1. The van der Waals surface area contributed by atoms with Crippen molar-refractivity contribution in [3.8, 4) is 0 Å². The minimum Gasteiger partial charge on any atom is -0.465 e. The van der Waals surface area contributed by atoms with Crippen molar-refractivity contribution in [1.82, 2.24) is 9.97 Å². The minimum absolute atomic E-state index is 0.214. The second-order valence-electron chi connectivity index (χ2n) is 6.10. The Morgan fingerprint density at radius 2 is 1.92 bits per heavy atom. The lowest BCUT2D eigenvalue weighted by molar-refractivity contribution is 0.0601. The Hall–Kier alpha value is -2.80. The normalized spacial score (nSPS) is 13.3. The van der Waals surface area contributed by atoms with E-state index in [1.165, 1.54) is 24.6 Å². The molecular weight excluding hydrogens is 350 g/mol. The number of para-hydroxylation sites is 2. The lowest BCUT2D eigenvalue weighted by atomic mass is 9.95. The van der Waals surface area contributed by atoms with Gasteiger partial charge in [-0.15, -0.1) is 11.3 Å². The number of aromatic nitrogens is 2. The van der Waals surface area contributed by atoms with Crippen LogP contribution in [0.15, 0.2) is 30.5 Å². The van der Waals surface area contributed by atoms with E-state index in [2.05, 4.69) is 15.3 Å². The summed E-state index contributed by atoms with van der Waals surface area (Å²) in [7, 11) is 1.36. The summed E-state index contributed by atoms with van der Waals surface area (Å²) >= 11 is 1.45. The first-order valence-corrected chi connectivity index (χ1v) is 9.25. The Labute approximate surface area is 154 Å². The van der Waals surface area contributed by atoms with E-state index < -0.39 is 5.97 Å². The van der Waals surface area contributed by atoms with Crippen molar-refractivity contribution in [2.75, 3.05) is 12.4 Å². The van der Waals surface area contributed by atoms with Gasteiger partial charge in [0.05, 0.1) is 29.9 Å². The molecule has 1 aliphatic rings. The van der Waals surface area contributed by atoms with Gasteiger partial charge in [-0.1, -0.05) is 12.1 Å². The zero-order valence-corrected chi connectivity index (χ0v) is 15.1. The van der Waals surface area contributed by atoms with Crippen LogP contribution >= 0.6 is 11.3 Å². The number of ether oxygens (including phenoxy) is 1. The van der Waals surface area contributed by atoms with Crippen LogP contribution in [0.4, 0.5) is 5.00 Å². The number of amides is 1. The second kappa shape index (κ2) is 6.84. The molecule has 0 radical (unpaired) electrons. The number of hydrogen-bond acceptors (Lipinski definition) is 6. The van der Waals surface area contributed by atoms with Crippen molar-refractivity contribution in [3.05, 3.63) is 52.2 Å². The maximum absolute atomic E-state index is 12.7. The monoisotopic (exact) mass is 367 g/mol. The number of hydrogen-bond donors (Lipinski definition) is 1. The molecule has 7 heteroatoms. The molecule has 1 N–H and O–H groups in total. The third kappa shape index (κ3) is 2.94. The summed E-state index contributed by atoms with van der Waals surface area (Å²) in [6.45, 7) is 0. The molecule has 3 aromatic rings. The predicted molar refractivity (Wildman–Crippen MR) is 99.8 cm³/mol. The molecule has 4 rings (SSSR count). The number of nitrogens with zero attached hydrogens (tertiary/aromatic N) is 2.